The Morgan fingerprint density at radius 3 is 3.07 bits per heavy atom. The molecule has 0 bridgehead atoms. The summed E-state index contributed by atoms with van der Waals surface area (Å²) in [5, 5.41) is 0. The third-order valence-corrected chi connectivity index (χ3v) is 3.84. The Morgan fingerprint density at radius 2 is 2.21 bits per heavy atom. The molecule has 0 spiro atoms. The fraction of sp³-hybridized carbons (Fsp3) is 0.667. The highest BCUT2D eigenvalue weighted by molar-refractivity contribution is 7.99. The van der Waals surface area contributed by atoms with Crippen LogP contribution in [0.15, 0.2) is 12.3 Å². The number of thioether (sulfide) groups is 1. The van der Waals surface area contributed by atoms with E-state index in [9.17, 15) is 0 Å². The largest absolute Gasteiger partial charge is 0.350 e. The molecule has 0 saturated heterocycles. The quantitative estimate of drug-likeness (QED) is 0.690. The second kappa shape index (κ2) is 4.92. The van der Waals surface area contributed by atoms with Crippen molar-refractivity contribution in [2.75, 3.05) is 11.5 Å². The minimum Gasteiger partial charge on any atom is -0.350 e. The van der Waals surface area contributed by atoms with E-state index < -0.39 is 0 Å². The summed E-state index contributed by atoms with van der Waals surface area (Å²) in [6.45, 7) is 3.43. The highest BCUT2D eigenvalue weighted by atomic mass is 32.2. The topological polar surface area (TPSA) is 4.93 Å². The van der Waals surface area contributed by atoms with Crippen molar-refractivity contribution in [1.82, 2.24) is 4.57 Å². The second-order valence-electron chi connectivity index (χ2n) is 3.89. The van der Waals surface area contributed by atoms with Crippen molar-refractivity contribution in [2.45, 2.75) is 39.2 Å². The van der Waals surface area contributed by atoms with Crippen LogP contribution < -0.4 is 0 Å². The van der Waals surface area contributed by atoms with E-state index >= 15 is 0 Å². The van der Waals surface area contributed by atoms with Gasteiger partial charge in [0, 0.05) is 24.2 Å². The van der Waals surface area contributed by atoms with Crippen molar-refractivity contribution < 1.29 is 0 Å². The maximum atomic E-state index is 2.47. The Morgan fingerprint density at radius 1 is 1.36 bits per heavy atom. The predicted octanol–water partition coefficient (Wildman–Crippen LogP) is 3.12. The zero-order valence-electron chi connectivity index (χ0n) is 8.96. The molecular weight excluding hydrogens is 190 g/mol. The summed E-state index contributed by atoms with van der Waals surface area (Å²) in [5.41, 5.74) is 3.23. The van der Waals surface area contributed by atoms with Crippen LogP contribution in [0, 0.1) is 0 Å². The molecule has 1 aliphatic rings. The molecule has 0 saturated carbocycles. The molecule has 0 unspecified atom stereocenters. The number of hydrogen-bond donors (Lipinski definition) is 0. The summed E-state index contributed by atoms with van der Waals surface area (Å²) in [6.07, 6.45) is 7.67. The molecule has 0 amide bonds. The average molecular weight is 209 g/mol. The van der Waals surface area contributed by atoms with E-state index in [2.05, 4.69) is 23.8 Å². The number of hydrogen-bond acceptors (Lipinski definition) is 1. The van der Waals surface area contributed by atoms with Crippen molar-refractivity contribution >= 4 is 11.8 Å². The van der Waals surface area contributed by atoms with Crippen molar-refractivity contribution in [3.63, 3.8) is 0 Å². The van der Waals surface area contributed by atoms with Crippen LogP contribution >= 0.6 is 11.8 Å². The van der Waals surface area contributed by atoms with Crippen LogP contribution in [0.25, 0.3) is 0 Å². The average Bonchev–Trinajstić information content (AvgIpc) is 2.63. The maximum absolute atomic E-state index is 2.47. The summed E-state index contributed by atoms with van der Waals surface area (Å²) in [4.78, 5) is 0. The Balaban J connectivity index is 1.99. The Labute approximate surface area is 90.9 Å². The molecule has 78 valence electrons. The van der Waals surface area contributed by atoms with Gasteiger partial charge in [-0.2, -0.15) is 11.8 Å². The highest BCUT2D eigenvalue weighted by Gasteiger charge is 2.12. The fourth-order valence-electron chi connectivity index (χ4n) is 2.21. The van der Waals surface area contributed by atoms with E-state index in [4.69, 9.17) is 0 Å². The number of rotatable bonds is 4. The molecule has 0 aliphatic heterocycles. The van der Waals surface area contributed by atoms with Gasteiger partial charge in [-0.1, -0.05) is 6.92 Å². The van der Waals surface area contributed by atoms with E-state index in [1.807, 2.05) is 11.8 Å². The molecule has 14 heavy (non-hydrogen) atoms. The third kappa shape index (κ3) is 2.17. The van der Waals surface area contributed by atoms with Gasteiger partial charge in [0.1, 0.15) is 0 Å². The lowest BCUT2D eigenvalue weighted by atomic mass is 9.98. The van der Waals surface area contributed by atoms with Gasteiger partial charge in [0.25, 0.3) is 0 Å². The van der Waals surface area contributed by atoms with Crippen LogP contribution in [0.4, 0.5) is 0 Å². The smallest absolute Gasteiger partial charge is 0.0313 e. The number of aromatic nitrogens is 1. The molecule has 0 aromatic carbocycles. The van der Waals surface area contributed by atoms with Gasteiger partial charge in [-0.05, 0) is 43.1 Å². The van der Waals surface area contributed by atoms with Crippen molar-refractivity contribution in [1.29, 1.82) is 0 Å². The Kier molecular flexibility index (Phi) is 3.57. The monoisotopic (exact) mass is 209 g/mol. The van der Waals surface area contributed by atoms with Crippen molar-refractivity contribution in [2.24, 2.45) is 0 Å². The first-order valence-electron chi connectivity index (χ1n) is 5.66. The number of nitrogens with zero attached hydrogens (tertiary/aromatic N) is 1. The van der Waals surface area contributed by atoms with E-state index in [0.29, 0.717) is 0 Å². The summed E-state index contributed by atoms with van der Waals surface area (Å²) in [7, 11) is 0. The van der Waals surface area contributed by atoms with Gasteiger partial charge in [-0.25, -0.2) is 0 Å². The van der Waals surface area contributed by atoms with Gasteiger partial charge in [0.05, 0.1) is 0 Å². The van der Waals surface area contributed by atoms with Gasteiger partial charge < -0.3 is 4.57 Å². The minimum absolute atomic E-state index is 1.20. The van der Waals surface area contributed by atoms with E-state index in [-0.39, 0.29) is 0 Å². The van der Waals surface area contributed by atoms with Crippen LogP contribution in [0.5, 0.6) is 0 Å². The lowest BCUT2D eigenvalue weighted by Crippen LogP contribution is -2.09. The van der Waals surface area contributed by atoms with Crippen LogP contribution in [0.3, 0.4) is 0 Å². The van der Waals surface area contributed by atoms with Crippen molar-refractivity contribution in [3.8, 4) is 0 Å². The van der Waals surface area contributed by atoms with Gasteiger partial charge in [0.15, 0.2) is 0 Å². The standard InChI is InChI=1S/C12H19NS/c1-2-14-10-9-13-8-7-11-5-3-4-6-12(11)13/h7-8H,2-6,9-10H2,1H3. The SMILES string of the molecule is CCSCCn1ccc2c1CCCC2. The van der Waals surface area contributed by atoms with E-state index in [0.717, 1.165) is 0 Å². The molecule has 0 N–H and O–H groups in total. The zero-order valence-corrected chi connectivity index (χ0v) is 9.78. The number of fused-ring (bicyclic) bond motifs is 1. The Hall–Kier alpha value is -0.370. The van der Waals surface area contributed by atoms with Crippen LogP contribution in [0.1, 0.15) is 31.0 Å². The van der Waals surface area contributed by atoms with Crippen LogP contribution in [-0.2, 0) is 19.4 Å². The molecule has 0 fully saturated rings. The molecule has 2 rings (SSSR count). The first-order valence-corrected chi connectivity index (χ1v) is 6.82. The second-order valence-corrected chi connectivity index (χ2v) is 5.28. The molecule has 1 heterocycles. The maximum Gasteiger partial charge on any atom is 0.0313 e. The number of aryl methyl sites for hydroxylation is 2. The first-order chi connectivity index (χ1) is 6.92. The normalized spacial score (nSPS) is 15.5. The molecule has 0 radical (unpaired) electrons. The summed E-state index contributed by atoms with van der Waals surface area (Å²) in [5.74, 6) is 2.50. The third-order valence-electron chi connectivity index (χ3n) is 2.96. The summed E-state index contributed by atoms with van der Waals surface area (Å²) in [6, 6.07) is 2.32. The lowest BCUT2D eigenvalue weighted by Gasteiger charge is -2.15. The minimum atomic E-state index is 1.20. The van der Waals surface area contributed by atoms with Crippen LogP contribution in [-0.4, -0.2) is 16.1 Å². The van der Waals surface area contributed by atoms with E-state index in [1.54, 1.807) is 11.3 Å². The molecule has 1 nitrogen and oxygen atoms in total. The summed E-state index contributed by atoms with van der Waals surface area (Å²) < 4.78 is 2.47. The molecule has 2 heteroatoms. The summed E-state index contributed by atoms with van der Waals surface area (Å²) >= 11 is 2.04. The van der Waals surface area contributed by atoms with Gasteiger partial charge in [-0.3, -0.25) is 0 Å². The molecule has 1 aromatic heterocycles. The van der Waals surface area contributed by atoms with Gasteiger partial charge >= 0.3 is 0 Å². The van der Waals surface area contributed by atoms with Gasteiger partial charge in [-0.15, -0.1) is 0 Å². The predicted molar refractivity (Wildman–Crippen MR) is 64.1 cm³/mol. The van der Waals surface area contributed by atoms with Crippen molar-refractivity contribution in [3.05, 3.63) is 23.5 Å². The molecular formula is C12H19NS. The first kappa shape index (κ1) is 10.2. The van der Waals surface area contributed by atoms with E-state index in [1.165, 1.54) is 43.7 Å². The molecule has 0 atom stereocenters. The highest BCUT2D eigenvalue weighted by Crippen LogP contribution is 2.22. The molecule has 1 aromatic rings. The fourth-order valence-corrected chi connectivity index (χ4v) is 2.82. The lowest BCUT2D eigenvalue weighted by molar-refractivity contribution is 0.624. The Bertz CT molecular complexity index is 291. The van der Waals surface area contributed by atoms with Crippen LogP contribution in [0.2, 0.25) is 0 Å². The molecule has 1 aliphatic carbocycles. The van der Waals surface area contributed by atoms with Gasteiger partial charge in [0.2, 0.25) is 0 Å². The zero-order chi connectivity index (χ0) is 9.80.